The molecule has 0 atom stereocenters. The first-order valence-corrected chi connectivity index (χ1v) is 5.54. The molecule has 0 unspecified atom stereocenters. The lowest BCUT2D eigenvalue weighted by molar-refractivity contribution is 0.281. The predicted molar refractivity (Wildman–Crippen MR) is 63.3 cm³/mol. The van der Waals surface area contributed by atoms with E-state index in [1.54, 1.807) is 0 Å². The third kappa shape index (κ3) is 2.33. The number of aliphatic hydroxyl groups is 1. The number of halogens is 1. The monoisotopic (exact) mass is 223 g/mol. The van der Waals surface area contributed by atoms with Gasteiger partial charge in [0.2, 0.25) is 0 Å². The Morgan fingerprint density at radius 3 is 2.87 bits per heavy atom. The fourth-order valence-corrected chi connectivity index (χ4v) is 1.91. The lowest BCUT2D eigenvalue weighted by atomic mass is 10.2. The van der Waals surface area contributed by atoms with Crippen LogP contribution in [0.15, 0.2) is 30.5 Å². The molecular weight excluding hydrogens is 210 g/mol. The van der Waals surface area contributed by atoms with Crippen LogP contribution >= 0.6 is 11.6 Å². The first-order valence-electron chi connectivity index (χ1n) is 5.16. The van der Waals surface area contributed by atoms with Gasteiger partial charge in [0.05, 0.1) is 0 Å². The van der Waals surface area contributed by atoms with Gasteiger partial charge in [-0.3, -0.25) is 0 Å². The van der Waals surface area contributed by atoms with Crippen molar-refractivity contribution in [1.82, 2.24) is 4.57 Å². The molecule has 1 N–H and O–H groups in total. The van der Waals surface area contributed by atoms with Crippen LogP contribution in [0.2, 0.25) is 5.02 Å². The Balaban J connectivity index is 2.23. The summed E-state index contributed by atoms with van der Waals surface area (Å²) in [6.07, 6.45) is 3.91. The Morgan fingerprint density at radius 1 is 1.20 bits per heavy atom. The molecule has 2 nitrogen and oxygen atoms in total. The van der Waals surface area contributed by atoms with E-state index in [-0.39, 0.29) is 6.61 Å². The summed E-state index contributed by atoms with van der Waals surface area (Å²) in [6.45, 7) is 1.20. The second-order valence-corrected chi connectivity index (χ2v) is 4.08. The molecule has 3 heteroatoms. The number of hydrogen-bond donors (Lipinski definition) is 1. The minimum Gasteiger partial charge on any atom is -0.396 e. The highest BCUT2D eigenvalue weighted by Gasteiger charge is 2.00. The molecule has 0 saturated carbocycles. The van der Waals surface area contributed by atoms with Gasteiger partial charge >= 0.3 is 0 Å². The van der Waals surface area contributed by atoms with Gasteiger partial charge in [0.15, 0.2) is 0 Å². The van der Waals surface area contributed by atoms with Gasteiger partial charge in [0.25, 0.3) is 0 Å². The van der Waals surface area contributed by atoms with E-state index in [0.717, 1.165) is 24.4 Å². The van der Waals surface area contributed by atoms with Crippen LogP contribution in [0.3, 0.4) is 0 Å². The number of unbranched alkanes of at least 4 members (excludes halogenated alkanes) is 1. The smallest absolute Gasteiger partial charge is 0.0495 e. The SMILES string of the molecule is OCCCCn1ccc2ccc(Cl)cc21. The van der Waals surface area contributed by atoms with Crippen molar-refractivity contribution in [2.45, 2.75) is 19.4 Å². The van der Waals surface area contributed by atoms with Gasteiger partial charge in [-0.25, -0.2) is 0 Å². The lowest BCUT2D eigenvalue weighted by Crippen LogP contribution is -1.97. The molecule has 80 valence electrons. The molecule has 0 saturated heterocycles. The molecule has 1 aromatic carbocycles. The van der Waals surface area contributed by atoms with Crippen LogP contribution in [0.1, 0.15) is 12.8 Å². The summed E-state index contributed by atoms with van der Waals surface area (Å²) in [6, 6.07) is 8.00. The van der Waals surface area contributed by atoms with E-state index in [4.69, 9.17) is 16.7 Å². The summed E-state index contributed by atoms with van der Waals surface area (Å²) in [7, 11) is 0. The van der Waals surface area contributed by atoms with E-state index in [1.807, 2.05) is 18.2 Å². The lowest BCUT2D eigenvalue weighted by Gasteiger charge is -2.04. The zero-order chi connectivity index (χ0) is 10.7. The molecule has 0 spiro atoms. The molecule has 0 aliphatic carbocycles. The van der Waals surface area contributed by atoms with E-state index < -0.39 is 0 Å². The van der Waals surface area contributed by atoms with Crippen molar-refractivity contribution in [3.8, 4) is 0 Å². The van der Waals surface area contributed by atoms with Crippen LogP contribution in [0.5, 0.6) is 0 Å². The van der Waals surface area contributed by atoms with Gasteiger partial charge in [-0.2, -0.15) is 0 Å². The molecule has 0 bridgehead atoms. The number of fused-ring (bicyclic) bond motifs is 1. The van der Waals surface area contributed by atoms with E-state index in [9.17, 15) is 0 Å². The van der Waals surface area contributed by atoms with Gasteiger partial charge < -0.3 is 9.67 Å². The second kappa shape index (κ2) is 4.69. The fourth-order valence-electron chi connectivity index (χ4n) is 1.75. The third-order valence-electron chi connectivity index (χ3n) is 2.54. The summed E-state index contributed by atoms with van der Waals surface area (Å²) in [5.74, 6) is 0. The predicted octanol–water partition coefficient (Wildman–Crippen LogP) is 3.07. The van der Waals surface area contributed by atoms with Crippen LogP contribution in [-0.2, 0) is 6.54 Å². The number of rotatable bonds is 4. The number of nitrogens with zero attached hydrogens (tertiary/aromatic N) is 1. The van der Waals surface area contributed by atoms with Crippen LogP contribution in [0.25, 0.3) is 10.9 Å². The molecule has 2 rings (SSSR count). The minimum absolute atomic E-state index is 0.264. The zero-order valence-electron chi connectivity index (χ0n) is 8.49. The van der Waals surface area contributed by atoms with Crippen LogP contribution in [-0.4, -0.2) is 16.3 Å². The molecule has 0 fully saturated rings. The molecule has 0 aliphatic heterocycles. The third-order valence-corrected chi connectivity index (χ3v) is 2.78. The Bertz CT molecular complexity index is 450. The molecule has 0 amide bonds. The highest BCUT2D eigenvalue weighted by Crippen LogP contribution is 2.20. The van der Waals surface area contributed by atoms with Crippen molar-refractivity contribution < 1.29 is 5.11 Å². The molecule has 15 heavy (non-hydrogen) atoms. The minimum atomic E-state index is 0.264. The number of aromatic nitrogens is 1. The van der Waals surface area contributed by atoms with E-state index in [1.165, 1.54) is 10.9 Å². The summed E-state index contributed by atoms with van der Waals surface area (Å²) in [5.41, 5.74) is 1.17. The molecule has 1 heterocycles. The first kappa shape index (κ1) is 10.5. The topological polar surface area (TPSA) is 25.2 Å². The van der Waals surface area contributed by atoms with Crippen LogP contribution < -0.4 is 0 Å². The maximum absolute atomic E-state index is 8.72. The fraction of sp³-hybridized carbons (Fsp3) is 0.333. The summed E-state index contributed by atoms with van der Waals surface area (Å²) < 4.78 is 2.18. The van der Waals surface area contributed by atoms with Crippen molar-refractivity contribution in [1.29, 1.82) is 0 Å². The van der Waals surface area contributed by atoms with Crippen molar-refractivity contribution in [2.75, 3.05) is 6.61 Å². The summed E-state index contributed by atoms with van der Waals surface area (Å²) in [5, 5.41) is 10.7. The molecule has 2 aromatic rings. The maximum atomic E-state index is 8.72. The van der Waals surface area contributed by atoms with Gasteiger partial charge in [0, 0.05) is 29.9 Å². The van der Waals surface area contributed by atoms with Gasteiger partial charge in [-0.05, 0) is 36.4 Å². The Hall–Kier alpha value is -0.990. The molecule has 0 radical (unpaired) electrons. The summed E-state index contributed by atoms with van der Waals surface area (Å²) >= 11 is 5.96. The van der Waals surface area contributed by atoms with E-state index in [2.05, 4.69) is 16.8 Å². The number of aryl methyl sites for hydroxylation is 1. The van der Waals surface area contributed by atoms with Crippen molar-refractivity contribution in [2.24, 2.45) is 0 Å². The second-order valence-electron chi connectivity index (χ2n) is 3.64. The Labute approximate surface area is 94.1 Å². The maximum Gasteiger partial charge on any atom is 0.0495 e. The Morgan fingerprint density at radius 2 is 2.07 bits per heavy atom. The van der Waals surface area contributed by atoms with Gasteiger partial charge in [0.1, 0.15) is 0 Å². The average Bonchev–Trinajstić information content (AvgIpc) is 2.62. The van der Waals surface area contributed by atoms with Crippen LogP contribution in [0.4, 0.5) is 0 Å². The summed E-state index contributed by atoms with van der Waals surface area (Å²) in [4.78, 5) is 0. The molecule has 1 aromatic heterocycles. The normalized spacial score (nSPS) is 11.1. The van der Waals surface area contributed by atoms with Crippen LogP contribution in [0, 0.1) is 0 Å². The number of hydrogen-bond acceptors (Lipinski definition) is 1. The van der Waals surface area contributed by atoms with E-state index >= 15 is 0 Å². The average molecular weight is 224 g/mol. The number of aliphatic hydroxyl groups excluding tert-OH is 1. The largest absolute Gasteiger partial charge is 0.396 e. The van der Waals surface area contributed by atoms with Crippen molar-refractivity contribution >= 4 is 22.5 Å². The quantitative estimate of drug-likeness (QED) is 0.792. The highest BCUT2D eigenvalue weighted by atomic mass is 35.5. The van der Waals surface area contributed by atoms with Crippen molar-refractivity contribution in [3.63, 3.8) is 0 Å². The first-order chi connectivity index (χ1) is 7.31. The Kier molecular flexibility index (Phi) is 3.29. The zero-order valence-corrected chi connectivity index (χ0v) is 9.24. The van der Waals surface area contributed by atoms with Gasteiger partial charge in [-0.1, -0.05) is 17.7 Å². The standard InChI is InChI=1S/C12H14ClNO/c13-11-4-3-10-5-7-14(12(10)9-11)6-1-2-8-15/h3-5,7,9,15H,1-2,6,8H2. The number of benzene rings is 1. The van der Waals surface area contributed by atoms with Crippen molar-refractivity contribution in [3.05, 3.63) is 35.5 Å². The van der Waals surface area contributed by atoms with E-state index in [0.29, 0.717) is 0 Å². The molecule has 0 aliphatic rings. The highest BCUT2D eigenvalue weighted by molar-refractivity contribution is 6.31. The van der Waals surface area contributed by atoms with Gasteiger partial charge in [-0.15, -0.1) is 0 Å². The molecular formula is C12H14ClNO.